The minimum Gasteiger partial charge on any atom is -0.339 e. The van der Waals surface area contributed by atoms with Gasteiger partial charge in [0.25, 0.3) is 0 Å². The summed E-state index contributed by atoms with van der Waals surface area (Å²) >= 11 is 1.39. The molecule has 0 bridgehead atoms. The molecule has 1 aliphatic carbocycles. The lowest BCUT2D eigenvalue weighted by atomic mass is 10.3. The maximum atomic E-state index is 13.0. The molecular weight excluding hydrogens is 421 g/mol. The van der Waals surface area contributed by atoms with Crippen LogP contribution in [-0.2, 0) is 9.59 Å². The van der Waals surface area contributed by atoms with Crippen molar-refractivity contribution in [1.29, 1.82) is 0 Å². The second kappa shape index (κ2) is 10.2. The molecule has 2 amide bonds. The summed E-state index contributed by atoms with van der Waals surface area (Å²) in [6.45, 7) is 2.66. The van der Waals surface area contributed by atoms with Gasteiger partial charge in [0, 0.05) is 31.9 Å². The summed E-state index contributed by atoms with van der Waals surface area (Å²) in [5.74, 6) is -0.132. The number of nitrogens with zero attached hydrogens (tertiary/aromatic N) is 6. The van der Waals surface area contributed by atoms with Gasteiger partial charge < -0.3 is 10.2 Å². The number of carbonyl (C=O) groups excluding carboxylic acids is 2. The zero-order chi connectivity index (χ0) is 21.6. The van der Waals surface area contributed by atoms with Crippen molar-refractivity contribution in [2.45, 2.75) is 36.9 Å². The van der Waals surface area contributed by atoms with E-state index < -0.39 is 0 Å². The lowest BCUT2D eigenvalue weighted by molar-refractivity contribution is -0.130. The largest absolute Gasteiger partial charge is 0.339 e. The van der Waals surface area contributed by atoms with Gasteiger partial charge in [-0.25, -0.2) is 9.07 Å². The van der Waals surface area contributed by atoms with Crippen LogP contribution in [0.2, 0.25) is 0 Å². The van der Waals surface area contributed by atoms with Crippen molar-refractivity contribution in [3.05, 3.63) is 30.1 Å². The molecule has 0 spiro atoms. The van der Waals surface area contributed by atoms with E-state index in [1.54, 1.807) is 0 Å². The Kier molecular flexibility index (Phi) is 7.13. The number of benzene rings is 1. The van der Waals surface area contributed by atoms with E-state index in [1.807, 2.05) is 14.5 Å². The molecule has 9 nitrogen and oxygen atoms in total. The van der Waals surface area contributed by atoms with E-state index in [1.165, 1.54) is 48.9 Å². The van der Waals surface area contributed by atoms with Crippen LogP contribution in [0.1, 0.15) is 31.7 Å². The Morgan fingerprint density at radius 1 is 1.10 bits per heavy atom. The van der Waals surface area contributed by atoms with Gasteiger partial charge in [0.05, 0.1) is 18.3 Å². The van der Waals surface area contributed by atoms with Crippen LogP contribution >= 0.6 is 11.8 Å². The highest BCUT2D eigenvalue weighted by molar-refractivity contribution is 7.99. The molecule has 1 aromatic carbocycles. The molecule has 1 aliphatic heterocycles. The van der Waals surface area contributed by atoms with Crippen LogP contribution in [-0.4, -0.2) is 80.3 Å². The molecule has 1 saturated carbocycles. The van der Waals surface area contributed by atoms with E-state index in [2.05, 4.69) is 20.8 Å². The van der Waals surface area contributed by atoms with Crippen LogP contribution in [0, 0.1) is 5.82 Å². The van der Waals surface area contributed by atoms with Gasteiger partial charge in [0.1, 0.15) is 5.82 Å². The molecule has 31 heavy (non-hydrogen) atoms. The molecule has 2 heterocycles. The van der Waals surface area contributed by atoms with Crippen LogP contribution in [0.5, 0.6) is 0 Å². The van der Waals surface area contributed by atoms with Crippen molar-refractivity contribution in [3.8, 4) is 0 Å². The second-order valence-corrected chi connectivity index (χ2v) is 8.79. The predicted molar refractivity (Wildman–Crippen MR) is 114 cm³/mol. The molecule has 2 aliphatic rings. The molecule has 1 N–H and O–H groups in total. The summed E-state index contributed by atoms with van der Waals surface area (Å²) < 4.78 is 14.8. The first-order valence-electron chi connectivity index (χ1n) is 10.5. The van der Waals surface area contributed by atoms with Crippen LogP contribution in [0.4, 0.5) is 10.1 Å². The van der Waals surface area contributed by atoms with Gasteiger partial charge in [-0.15, -0.1) is 5.10 Å². The lowest BCUT2D eigenvalue weighted by Gasteiger charge is -2.34. The van der Waals surface area contributed by atoms with E-state index >= 15 is 0 Å². The summed E-state index contributed by atoms with van der Waals surface area (Å²) in [4.78, 5) is 28.7. The van der Waals surface area contributed by atoms with E-state index in [0.29, 0.717) is 48.8 Å². The van der Waals surface area contributed by atoms with Crippen LogP contribution < -0.4 is 5.32 Å². The van der Waals surface area contributed by atoms with Crippen LogP contribution in [0.15, 0.2) is 29.4 Å². The number of hydrogen-bond donors (Lipinski definition) is 1. The van der Waals surface area contributed by atoms with E-state index in [0.717, 1.165) is 12.8 Å². The maximum Gasteiger partial charge on any atom is 0.238 e. The average molecular weight is 448 g/mol. The van der Waals surface area contributed by atoms with Crippen LogP contribution in [0.3, 0.4) is 0 Å². The number of tetrazole rings is 1. The fourth-order valence-corrected chi connectivity index (χ4v) is 4.82. The summed E-state index contributed by atoms with van der Waals surface area (Å²) in [6, 6.07) is 6.03. The highest BCUT2D eigenvalue weighted by atomic mass is 32.2. The Labute approximate surface area is 184 Å². The van der Waals surface area contributed by atoms with E-state index in [-0.39, 0.29) is 24.2 Å². The first-order valence-corrected chi connectivity index (χ1v) is 11.5. The smallest absolute Gasteiger partial charge is 0.238 e. The summed E-state index contributed by atoms with van der Waals surface area (Å²) in [5.41, 5.74) is 0.567. The Morgan fingerprint density at radius 2 is 1.81 bits per heavy atom. The Hall–Kier alpha value is -2.53. The molecule has 4 rings (SSSR count). The second-order valence-electron chi connectivity index (χ2n) is 7.84. The molecule has 2 fully saturated rings. The highest BCUT2D eigenvalue weighted by Gasteiger charge is 2.25. The van der Waals surface area contributed by atoms with Crippen molar-refractivity contribution >= 4 is 29.3 Å². The monoisotopic (exact) mass is 447 g/mol. The normalized spacial score (nSPS) is 17.8. The first-order chi connectivity index (χ1) is 15.1. The topological polar surface area (TPSA) is 96.2 Å². The molecule has 1 saturated heterocycles. The van der Waals surface area contributed by atoms with Gasteiger partial charge in [-0.2, -0.15) is 0 Å². The summed E-state index contributed by atoms with van der Waals surface area (Å²) in [6.07, 6.45) is 4.56. The number of hydrogen-bond acceptors (Lipinski definition) is 7. The number of thioether (sulfide) groups is 1. The maximum absolute atomic E-state index is 13.0. The van der Waals surface area contributed by atoms with Gasteiger partial charge in [-0.05, 0) is 47.5 Å². The average Bonchev–Trinajstić information content (AvgIpc) is 3.46. The minimum absolute atomic E-state index is 0.0568. The third kappa shape index (κ3) is 5.79. The molecular formula is C20H26FN7O2S. The van der Waals surface area contributed by atoms with Gasteiger partial charge in [-0.1, -0.05) is 24.6 Å². The van der Waals surface area contributed by atoms with Crippen molar-refractivity contribution in [3.63, 3.8) is 0 Å². The number of rotatable bonds is 7. The predicted octanol–water partition coefficient (Wildman–Crippen LogP) is 1.80. The number of aromatic nitrogens is 4. The highest BCUT2D eigenvalue weighted by Crippen LogP contribution is 2.31. The Bertz CT molecular complexity index is 893. The van der Waals surface area contributed by atoms with Gasteiger partial charge in [0.15, 0.2) is 0 Å². The van der Waals surface area contributed by atoms with Crippen molar-refractivity contribution in [1.82, 2.24) is 30.0 Å². The zero-order valence-corrected chi connectivity index (χ0v) is 18.1. The third-order valence-electron chi connectivity index (χ3n) is 5.68. The number of carbonyl (C=O) groups is 2. The zero-order valence-electron chi connectivity index (χ0n) is 17.2. The van der Waals surface area contributed by atoms with Gasteiger partial charge in [-0.3, -0.25) is 14.5 Å². The summed E-state index contributed by atoms with van der Waals surface area (Å²) in [5, 5.41) is 15.4. The van der Waals surface area contributed by atoms with Crippen molar-refractivity contribution < 1.29 is 14.0 Å². The molecule has 2 aromatic rings. The van der Waals surface area contributed by atoms with Crippen molar-refractivity contribution in [2.75, 3.05) is 43.8 Å². The number of anilines is 1. The standard InChI is InChI=1S/C20H26FN7O2S/c21-15-5-7-16(8-6-15)22-18(29)13-26-9-11-27(12-10-26)19(30)14-31-20-23-24-25-28(20)17-3-1-2-4-17/h5-8,17H,1-4,9-14H2,(H,22,29). The molecule has 0 unspecified atom stereocenters. The van der Waals surface area contributed by atoms with Gasteiger partial charge >= 0.3 is 0 Å². The number of nitrogens with one attached hydrogen (secondary N) is 1. The number of piperazine rings is 1. The van der Waals surface area contributed by atoms with E-state index in [4.69, 9.17) is 0 Å². The van der Waals surface area contributed by atoms with Gasteiger partial charge in [0.2, 0.25) is 17.0 Å². The first kappa shape index (κ1) is 21.7. The molecule has 0 radical (unpaired) electrons. The molecule has 166 valence electrons. The SMILES string of the molecule is O=C(CN1CCN(C(=O)CSc2nnnn2C2CCCC2)CC1)Nc1ccc(F)cc1. The molecule has 0 atom stereocenters. The minimum atomic E-state index is -0.341. The van der Waals surface area contributed by atoms with E-state index in [9.17, 15) is 14.0 Å². The lowest BCUT2D eigenvalue weighted by Crippen LogP contribution is -2.50. The third-order valence-corrected chi connectivity index (χ3v) is 6.60. The Morgan fingerprint density at radius 3 is 2.52 bits per heavy atom. The number of amides is 2. The van der Waals surface area contributed by atoms with Crippen molar-refractivity contribution in [2.24, 2.45) is 0 Å². The fourth-order valence-electron chi connectivity index (χ4n) is 3.97. The molecule has 1 aromatic heterocycles. The quantitative estimate of drug-likeness (QED) is 0.647. The Balaban J connectivity index is 1.19. The fraction of sp³-hybridized carbons (Fsp3) is 0.550. The number of halogens is 1. The summed E-state index contributed by atoms with van der Waals surface area (Å²) in [7, 11) is 0. The van der Waals surface area contributed by atoms with Crippen LogP contribution in [0.25, 0.3) is 0 Å². The molecule has 11 heteroatoms.